The first-order valence-electron chi connectivity index (χ1n) is 5.71. The molecular formula is C12H14F3N3O2. The molecule has 0 radical (unpaired) electrons. The van der Waals surface area contributed by atoms with Crippen molar-refractivity contribution < 1.29 is 22.8 Å². The van der Waals surface area contributed by atoms with E-state index in [4.69, 9.17) is 5.73 Å². The minimum Gasteiger partial charge on any atom is -0.366 e. The zero-order chi connectivity index (χ0) is 15.3. The van der Waals surface area contributed by atoms with E-state index in [-0.39, 0.29) is 11.1 Å². The van der Waals surface area contributed by atoms with Gasteiger partial charge in [0, 0.05) is 17.2 Å². The van der Waals surface area contributed by atoms with Gasteiger partial charge in [0.1, 0.15) is 0 Å². The van der Waals surface area contributed by atoms with E-state index in [0.29, 0.717) is 0 Å². The zero-order valence-electron chi connectivity index (χ0n) is 10.6. The molecule has 4 N–H and O–H groups in total. The van der Waals surface area contributed by atoms with Crippen molar-refractivity contribution in [3.8, 4) is 0 Å². The molecule has 1 atom stereocenters. The van der Waals surface area contributed by atoms with Gasteiger partial charge in [0.05, 0.1) is 6.42 Å². The summed E-state index contributed by atoms with van der Waals surface area (Å²) in [6, 6.07) is 4.47. The second-order valence-electron chi connectivity index (χ2n) is 4.26. The van der Waals surface area contributed by atoms with Crippen LogP contribution in [-0.4, -0.2) is 24.0 Å². The number of benzene rings is 1. The molecule has 20 heavy (non-hydrogen) atoms. The fourth-order valence-corrected chi connectivity index (χ4v) is 1.44. The number of nitrogens with two attached hydrogens (primary N) is 1. The molecule has 0 bridgehead atoms. The van der Waals surface area contributed by atoms with Gasteiger partial charge in [0.2, 0.25) is 5.91 Å². The van der Waals surface area contributed by atoms with Gasteiger partial charge >= 0.3 is 6.18 Å². The van der Waals surface area contributed by atoms with Crippen LogP contribution in [0.25, 0.3) is 0 Å². The van der Waals surface area contributed by atoms with Crippen LogP contribution >= 0.6 is 0 Å². The lowest BCUT2D eigenvalue weighted by molar-refractivity contribution is -0.139. The SMILES string of the molecule is CC(CC(F)(F)F)NNC(=O)c1ccc(C(N)=O)cc1. The molecular weight excluding hydrogens is 275 g/mol. The fraction of sp³-hybridized carbons (Fsp3) is 0.333. The summed E-state index contributed by atoms with van der Waals surface area (Å²) in [5.41, 5.74) is 9.90. The van der Waals surface area contributed by atoms with Crippen LogP contribution in [0.15, 0.2) is 24.3 Å². The molecule has 1 aromatic rings. The molecule has 0 aromatic heterocycles. The van der Waals surface area contributed by atoms with Crippen molar-refractivity contribution >= 4 is 11.8 Å². The summed E-state index contributed by atoms with van der Waals surface area (Å²) < 4.78 is 36.2. The number of hydrazine groups is 1. The van der Waals surface area contributed by atoms with E-state index < -0.39 is 30.5 Å². The number of halogens is 3. The Balaban J connectivity index is 2.53. The molecule has 1 aromatic carbocycles. The minimum atomic E-state index is -4.31. The van der Waals surface area contributed by atoms with Crippen molar-refractivity contribution in [2.75, 3.05) is 0 Å². The summed E-state index contributed by atoms with van der Waals surface area (Å²) >= 11 is 0. The molecule has 0 heterocycles. The highest BCUT2D eigenvalue weighted by Gasteiger charge is 2.30. The van der Waals surface area contributed by atoms with E-state index in [2.05, 4.69) is 10.9 Å². The molecule has 0 saturated heterocycles. The molecule has 0 saturated carbocycles. The molecule has 1 rings (SSSR count). The van der Waals surface area contributed by atoms with E-state index in [1.54, 1.807) is 0 Å². The highest BCUT2D eigenvalue weighted by molar-refractivity contribution is 5.96. The second-order valence-corrected chi connectivity index (χ2v) is 4.26. The van der Waals surface area contributed by atoms with E-state index in [0.717, 1.165) is 0 Å². The average molecular weight is 289 g/mol. The summed E-state index contributed by atoms with van der Waals surface area (Å²) in [5.74, 6) is -1.23. The topological polar surface area (TPSA) is 84.2 Å². The number of rotatable bonds is 5. The van der Waals surface area contributed by atoms with Crippen LogP contribution in [0.5, 0.6) is 0 Å². The average Bonchev–Trinajstić information content (AvgIpc) is 2.34. The largest absolute Gasteiger partial charge is 0.390 e. The van der Waals surface area contributed by atoms with Crippen LogP contribution in [0.1, 0.15) is 34.1 Å². The number of hydrogen-bond donors (Lipinski definition) is 3. The van der Waals surface area contributed by atoms with Crippen molar-refractivity contribution in [3.05, 3.63) is 35.4 Å². The van der Waals surface area contributed by atoms with Gasteiger partial charge in [0.15, 0.2) is 0 Å². The van der Waals surface area contributed by atoms with Crippen LogP contribution in [0, 0.1) is 0 Å². The minimum absolute atomic E-state index is 0.196. The van der Waals surface area contributed by atoms with Crippen molar-refractivity contribution in [3.63, 3.8) is 0 Å². The Labute approximate surface area is 113 Å². The Kier molecular flexibility index (Phi) is 5.09. The van der Waals surface area contributed by atoms with Gasteiger partial charge in [-0.2, -0.15) is 13.2 Å². The molecule has 0 aliphatic carbocycles. The molecule has 0 aliphatic heterocycles. The lowest BCUT2D eigenvalue weighted by atomic mass is 10.1. The maximum atomic E-state index is 12.1. The number of alkyl halides is 3. The van der Waals surface area contributed by atoms with E-state index >= 15 is 0 Å². The van der Waals surface area contributed by atoms with Gasteiger partial charge in [0.25, 0.3) is 5.91 Å². The molecule has 0 fully saturated rings. The highest BCUT2D eigenvalue weighted by Crippen LogP contribution is 2.20. The van der Waals surface area contributed by atoms with Gasteiger partial charge in [-0.1, -0.05) is 0 Å². The maximum absolute atomic E-state index is 12.1. The Morgan fingerprint density at radius 3 is 2.15 bits per heavy atom. The molecule has 0 aliphatic rings. The molecule has 2 amide bonds. The maximum Gasteiger partial charge on any atom is 0.390 e. The Morgan fingerprint density at radius 2 is 1.70 bits per heavy atom. The van der Waals surface area contributed by atoms with Crippen molar-refractivity contribution in [1.29, 1.82) is 0 Å². The van der Waals surface area contributed by atoms with Gasteiger partial charge in [-0.25, -0.2) is 5.43 Å². The number of amides is 2. The lowest BCUT2D eigenvalue weighted by Crippen LogP contribution is -2.44. The summed E-state index contributed by atoms with van der Waals surface area (Å²) in [6.45, 7) is 1.30. The van der Waals surface area contributed by atoms with Crippen molar-refractivity contribution in [2.24, 2.45) is 5.73 Å². The van der Waals surface area contributed by atoms with Crippen LogP contribution in [-0.2, 0) is 0 Å². The number of hydrogen-bond acceptors (Lipinski definition) is 3. The van der Waals surface area contributed by atoms with Gasteiger partial charge in [-0.05, 0) is 31.2 Å². The third-order valence-corrected chi connectivity index (χ3v) is 2.40. The van der Waals surface area contributed by atoms with Crippen LogP contribution < -0.4 is 16.6 Å². The molecule has 0 spiro atoms. The fourth-order valence-electron chi connectivity index (χ4n) is 1.44. The normalized spacial score (nSPS) is 12.8. The van der Waals surface area contributed by atoms with E-state index in [9.17, 15) is 22.8 Å². The first-order valence-corrected chi connectivity index (χ1v) is 5.71. The molecule has 8 heteroatoms. The molecule has 1 unspecified atom stereocenters. The Bertz CT molecular complexity index is 486. The summed E-state index contributed by atoms with van der Waals surface area (Å²) in [5, 5.41) is 0. The molecule has 110 valence electrons. The third kappa shape index (κ3) is 5.27. The quantitative estimate of drug-likeness (QED) is 0.716. The number of nitrogens with one attached hydrogen (secondary N) is 2. The first-order chi connectivity index (χ1) is 9.19. The predicted octanol–water partition coefficient (Wildman–Crippen LogP) is 1.36. The summed E-state index contributed by atoms with van der Waals surface area (Å²) in [4.78, 5) is 22.5. The van der Waals surface area contributed by atoms with Crippen molar-refractivity contribution in [1.82, 2.24) is 10.9 Å². The van der Waals surface area contributed by atoms with E-state index in [1.807, 2.05) is 0 Å². The Hall–Kier alpha value is -2.09. The van der Waals surface area contributed by atoms with Crippen LogP contribution in [0.2, 0.25) is 0 Å². The van der Waals surface area contributed by atoms with Crippen molar-refractivity contribution in [2.45, 2.75) is 25.6 Å². The number of carbonyl (C=O) groups excluding carboxylic acids is 2. The smallest absolute Gasteiger partial charge is 0.366 e. The monoisotopic (exact) mass is 289 g/mol. The van der Waals surface area contributed by atoms with Crippen LogP contribution in [0.4, 0.5) is 13.2 Å². The lowest BCUT2D eigenvalue weighted by Gasteiger charge is -2.16. The van der Waals surface area contributed by atoms with Gasteiger partial charge in [-0.15, -0.1) is 0 Å². The molecule has 5 nitrogen and oxygen atoms in total. The predicted molar refractivity (Wildman–Crippen MR) is 65.7 cm³/mol. The highest BCUT2D eigenvalue weighted by atomic mass is 19.4. The second kappa shape index (κ2) is 6.38. The van der Waals surface area contributed by atoms with Gasteiger partial charge < -0.3 is 5.73 Å². The summed E-state index contributed by atoms with van der Waals surface area (Å²) in [6.07, 6.45) is -5.37. The zero-order valence-corrected chi connectivity index (χ0v) is 10.6. The van der Waals surface area contributed by atoms with E-state index in [1.165, 1.54) is 31.2 Å². The first kappa shape index (κ1) is 16.0. The number of primary amides is 1. The summed E-state index contributed by atoms with van der Waals surface area (Å²) in [7, 11) is 0. The number of carbonyl (C=O) groups is 2. The third-order valence-electron chi connectivity index (χ3n) is 2.40. The van der Waals surface area contributed by atoms with Crippen LogP contribution in [0.3, 0.4) is 0 Å². The standard InChI is InChI=1S/C12H14F3N3O2/c1-7(6-12(13,14)15)17-18-11(20)9-4-2-8(3-5-9)10(16)19/h2-5,7,17H,6H2,1H3,(H2,16,19)(H,18,20). The van der Waals surface area contributed by atoms with Gasteiger partial charge in [-0.3, -0.25) is 15.0 Å². The Morgan fingerprint density at radius 1 is 1.20 bits per heavy atom.